The highest BCUT2D eigenvalue weighted by molar-refractivity contribution is 5.78. The number of fused-ring (bicyclic) bond motifs is 1. The molecule has 0 aliphatic heterocycles. The van der Waals surface area contributed by atoms with Crippen molar-refractivity contribution in [2.24, 2.45) is 0 Å². The Morgan fingerprint density at radius 3 is 3.00 bits per heavy atom. The summed E-state index contributed by atoms with van der Waals surface area (Å²) in [6.45, 7) is 0.787. The van der Waals surface area contributed by atoms with Crippen LogP contribution in [0.1, 0.15) is 29.7 Å². The smallest absolute Gasteiger partial charge is 0.267 e. The zero-order chi connectivity index (χ0) is 16.1. The van der Waals surface area contributed by atoms with E-state index in [1.54, 1.807) is 24.5 Å². The Kier molecular flexibility index (Phi) is 4.80. The summed E-state index contributed by atoms with van der Waals surface area (Å²) in [6, 6.07) is 5.36. The molecule has 23 heavy (non-hydrogen) atoms. The van der Waals surface area contributed by atoms with Gasteiger partial charge in [0, 0.05) is 25.0 Å². The predicted molar refractivity (Wildman–Crippen MR) is 86.1 cm³/mol. The Morgan fingerprint density at radius 2 is 2.17 bits per heavy atom. The predicted octanol–water partition coefficient (Wildman–Crippen LogP) is 0.876. The summed E-state index contributed by atoms with van der Waals surface area (Å²) in [7, 11) is 0. The first-order valence-electron chi connectivity index (χ1n) is 7.98. The van der Waals surface area contributed by atoms with Crippen molar-refractivity contribution in [3.63, 3.8) is 0 Å². The molecule has 1 aliphatic carbocycles. The number of aryl methyl sites for hydroxylation is 2. The van der Waals surface area contributed by atoms with E-state index in [-0.39, 0.29) is 11.5 Å². The van der Waals surface area contributed by atoms with Gasteiger partial charge in [0.05, 0.1) is 18.7 Å². The van der Waals surface area contributed by atoms with E-state index >= 15 is 0 Å². The molecule has 6 heteroatoms. The molecule has 6 nitrogen and oxygen atoms in total. The van der Waals surface area contributed by atoms with Crippen molar-refractivity contribution < 1.29 is 4.79 Å². The number of aromatic nitrogens is 3. The molecule has 120 valence electrons. The Morgan fingerprint density at radius 1 is 1.30 bits per heavy atom. The van der Waals surface area contributed by atoms with E-state index < -0.39 is 0 Å². The highest BCUT2D eigenvalue weighted by atomic mass is 16.1. The van der Waals surface area contributed by atoms with Crippen molar-refractivity contribution in [1.29, 1.82) is 0 Å². The first kappa shape index (κ1) is 15.4. The topological polar surface area (TPSA) is 76.9 Å². The molecular weight excluding hydrogens is 292 g/mol. The van der Waals surface area contributed by atoms with Crippen molar-refractivity contribution in [2.45, 2.75) is 38.6 Å². The van der Waals surface area contributed by atoms with E-state index in [4.69, 9.17) is 0 Å². The van der Waals surface area contributed by atoms with Crippen LogP contribution in [0.25, 0.3) is 0 Å². The fourth-order valence-corrected chi connectivity index (χ4v) is 2.81. The third-order valence-electron chi connectivity index (χ3n) is 4.01. The molecule has 0 atom stereocenters. The molecule has 0 bridgehead atoms. The van der Waals surface area contributed by atoms with Crippen molar-refractivity contribution >= 4 is 5.91 Å². The van der Waals surface area contributed by atoms with E-state index in [1.807, 2.05) is 6.07 Å². The zero-order valence-electron chi connectivity index (χ0n) is 13.0. The maximum absolute atomic E-state index is 12.0. The zero-order valence-corrected chi connectivity index (χ0v) is 13.0. The van der Waals surface area contributed by atoms with Crippen LogP contribution in [0.15, 0.2) is 35.4 Å². The molecule has 3 rings (SSSR count). The molecule has 0 aromatic carbocycles. The third kappa shape index (κ3) is 4.03. The number of hydrogen-bond acceptors (Lipinski definition) is 4. The van der Waals surface area contributed by atoms with E-state index in [9.17, 15) is 9.59 Å². The second-order valence-corrected chi connectivity index (χ2v) is 5.77. The first-order chi connectivity index (χ1) is 11.2. The quantitative estimate of drug-likeness (QED) is 0.889. The number of pyridine rings is 1. The van der Waals surface area contributed by atoms with Gasteiger partial charge < -0.3 is 5.32 Å². The van der Waals surface area contributed by atoms with Gasteiger partial charge in [0.1, 0.15) is 0 Å². The number of carbonyl (C=O) groups is 1. The van der Waals surface area contributed by atoms with Crippen LogP contribution in [0.4, 0.5) is 0 Å². The maximum atomic E-state index is 12.0. The van der Waals surface area contributed by atoms with Crippen molar-refractivity contribution in [3.05, 3.63) is 57.8 Å². The maximum Gasteiger partial charge on any atom is 0.267 e. The van der Waals surface area contributed by atoms with Crippen LogP contribution in [-0.2, 0) is 30.6 Å². The lowest BCUT2D eigenvalue weighted by atomic mass is 9.97. The Balaban J connectivity index is 1.54. The van der Waals surface area contributed by atoms with Gasteiger partial charge in [0.2, 0.25) is 5.91 Å². The van der Waals surface area contributed by atoms with Crippen LogP contribution in [0.5, 0.6) is 0 Å². The fourth-order valence-electron chi connectivity index (χ4n) is 2.81. The van der Waals surface area contributed by atoms with Crippen molar-refractivity contribution in [1.82, 2.24) is 20.1 Å². The SMILES string of the molecule is O=C(Cc1cccnc1)NCCn1nc2c(cc1=O)CCCC2. The standard InChI is InChI=1S/C17H20N4O2/c22-16(10-13-4-3-7-18-12-13)19-8-9-21-17(23)11-14-5-1-2-6-15(14)20-21/h3-4,7,11-12H,1-2,5-6,8-10H2,(H,19,22). The van der Waals surface area contributed by atoms with Crippen LogP contribution in [0.3, 0.4) is 0 Å². The summed E-state index contributed by atoms with van der Waals surface area (Å²) in [4.78, 5) is 27.9. The molecule has 2 aromatic rings. The van der Waals surface area contributed by atoms with E-state index in [0.717, 1.165) is 42.5 Å². The molecule has 0 saturated heterocycles. The molecule has 0 spiro atoms. The summed E-state index contributed by atoms with van der Waals surface area (Å²) < 4.78 is 1.45. The van der Waals surface area contributed by atoms with Crippen LogP contribution in [0.2, 0.25) is 0 Å². The van der Waals surface area contributed by atoms with Gasteiger partial charge in [-0.1, -0.05) is 6.07 Å². The van der Waals surface area contributed by atoms with Gasteiger partial charge in [-0.05, 0) is 42.9 Å². The fraction of sp³-hybridized carbons (Fsp3) is 0.412. The minimum Gasteiger partial charge on any atom is -0.354 e. The van der Waals surface area contributed by atoms with Crippen molar-refractivity contribution in [3.8, 4) is 0 Å². The molecule has 2 heterocycles. The van der Waals surface area contributed by atoms with Crippen LogP contribution in [0, 0.1) is 0 Å². The lowest BCUT2D eigenvalue weighted by molar-refractivity contribution is -0.120. The monoisotopic (exact) mass is 312 g/mol. The number of carbonyl (C=O) groups excluding carboxylic acids is 1. The van der Waals surface area contributed by atoms with Gasteiger partial charge in [-0.25, -0.2) is 4.68 Å². The molecule has 0 saturated carbocycles. The Bertz CT molecular complexity index is 740. The summed E-state index contributed by atoms with van der Waals surface area (Å²) in [5.74, 6) is -0.0796. The van der Waals surface area contributed by atoms with Crippen LogP contribution in [-0.4, -0.2) is 27.2 Å². The number of nitrogens with one attached hydrogen (secondary N) is 1. The molecule has 1 N–H and O–H groups in total. The number of rotatable bonds is 5. The van der Waals surface area contributed by atoms with Crippen LogP contribution >= 0.6 is 0 Å². The molecule has 0 fully saturated rings. The minimum absolute atomic E-state index is 0.0796. The average molecular weight is 312 g/mol. The third-order valence-corrected chi connectivity index (χ3v) is 4.01. The second kappa shape index (κ2) is 7.17. The number of nitrogens with zero attached hydrogens (tertiary/aromatic N) is 3. The van der Waals surface area contributed by atoms with Gasteiger partial charge in [0.15, 0.2) is 0 Å². The van der Waals surface area contributed by atoms with Gasteiger partial charge >= 0.3 is 0 Å². The molecule has 1 amide bonds. The molecule has 2 aromatic heterocycles. The lowest BCUT2D eigenvalue weighted by Crippen LogP contribution is -2.33. The lowest BCUT2D eigenvalue weighted by Gasteiger charge is -2.16. The highest BCUT2D eigenvalue weighted by Gasteiger charge is 2.13. The summed E-state index contributed by atoms with van der Waals surface area (Å²) in [5, 5.41) is 7.26. The number of amides is 1. The molecule has 0 unspecified atom stereocenters. The Hall–Kier alpha value is -2.50. The molecular formula is C17H20N4O2. The Labute approximate surface area is 134 Å². The van der Waals surface area contributed by atoms with E-state index in [2.05, 4.69) is 15.4 Å². The molecule has 0 radical (unpaired) electrons. The largest absolute Gasteiger partial charge is 0.354 e. The number of hydrogen-bond donors (Lipinski definition) is 1. The average Bonchev–Trinajstić information content (AvgIpc) is 2.56. The molecule has 1 aliphatic rings. The van der Waals surface area contributed by atoms with E-state index in [0.29, 0.717) is 19.5 Å². The minimum atomic E-state index is -0.0906. The van der Waals surface area contributed by atoms with Crippen molar-refractivity contribution in [2.75, 3.05) is 6.54 Å². The second-order valence-electron chi connectivity index (χ2n) is 5.77. The first-order valence-corrected chi connectivity index (χ1v) is 7.98. The van der Waals surface area contributed by atoms with Crippen LogP contribution < -0.4 is 10.9 Å². The van der Waals surface area contributed by atoms with Gasteiger partial charge in [-0.15, -0.1) is 0 Å². The summed E-state index contributed by atoms with van der Waals surface area (Å²) >= 11 is 0. The normalized spacial score (nSPS) is 13.4. The van der Waals surface area contributed by atoms with E-state index in [1.165, 1.54) is 4.68 Å². The highest BCUT2D eigenvalue weighted by Crippen LogP contribution is 2.16. The van der Waals surface area contributed by atoms with Gasteiger partial charge in [-0.2, -0.15) is 5.10 Å². The summed E-state index contributed by atoms with van der Waals surface area (Å²) in [6.07, 6.45) is 7.77. The van der Waals surface area contributed by atoms with Gasteiger partial charge in [0.25, 0.3) is 5.56 Å². The summed E-state index contributed by atoms with van der Waals surface area (Å²) in [5.41, 5.74) is 2.89. The van der Waals surface area contributed by atoms with Gasteiger partial charge in [-0.3, -0.25) is 14.6 Å².